The van der Waals surface area contributed by atoms with Crippen molar-refractivity contribution in [1.29, 1.82) is 0 Å². The van der Waals surface area contributed by atoms with E-state index in [2.05, 4.69) is 22.4 Å². The largest absolute Gasteiger partial charge is 0.497 e. The summed E-state index contributed by atoms with van der Waals surface area (Å²) >= 11 is 1.33. The van der Waals surface area contributed by atoms with E-state index in [1.807, 2.05) is 68.8 Å². The maximum absolute atomic E-state index is 13.1. The minimum absolute atomic E-state index is 0.214. The Kier molecular flexibility index (Phi) is 6.98. The minimum atomic E-state index is -0.214. The normalized spacial score (nSPS) is 10.9. The first-order valence-corrected chi connectivity index (χ1v) is 11.9. The van der Waals surface area contributed by atoms with Crippen molar-refractivity contribution in [3.8, 4) is 16.6 Å². The van der Waals surface area contributed by atoms with Crippen molar-refractivity contribution < 1.29 is 14.3 Å². The van der Waals surface area contributed by atoms with Crippen LogP contribution in [0.3, 0.4) is 0 Å². The van der Waals surface area contributed by atoms with Crippen molar-refractivity contribution in [2.75, 3.05) is 19.0 Å². The van der Waals surface area contributed by atoms with Gasteiger partial charge in [0.15, 0.2) is 0 Å². The number of rotatable bonds is 8. The van der Waals surface area contributed by atoms with Crippen molar-refractivity contribution in [3.63, 3.8) is 0 Å². The van der Waals surface area contributed by atoms with Crippen LogP contribution in [0.25, 0.3) is 5.13 Å². The molecule has 0 saturated carbocycles. The number of methoxy groups -OCH3 is 1. The van der Waals surface area contributed by atoms with E-state index in [1.165, 1.54) is 16.9 Å². The number of thiazole rings is 1. The number of hydrogen-bond acceptors (Lipinski definition) is 6. The lowest BCUT2D eigenvalue weighted by molar-refractivity contribution is 0.102. The SMILES string of the molecule is CCOc1ccccc1NC(=O)c1sc(-n2nc(C)c(Cc3ccc(OC)cc3)c2C)nc1C. The number of hydrogen-bond donors (Lipinski definition) is 1. The highest BCUT2D eigenvalue weighted by molar-refractivity contribution is 7.16. The lowest BCUT2D eigenvalue weighted by Crippen LogP contribution is -2.12. The summed E-state index contributed by atoms with van der Waals surface area (Å²) in [6, 6.07) is 15.5. The lowest BCUT2D eigenvalue weighted by Gasteiger charge is -2.10. The van der Waals surface area contributed by atoms with Crippen LogP contribution in [-0.2, 0) is 6.42 Å². The molecule has 7 nitrogen and oxygen atoms in total. The number of carbonyl (C=O) groups is 1. The van der Waals surface area contributed by atoms with E-state index in [4.69, 9.17) is 14.6 Å². The number of amides is 1. The molecule has 0 saturated heterocycles. The van der Waals surface area contributed by atoms with Crippen LogP contribution in [0.5, 0.6) is 11.5 Å². The van der Waals surface area contributed by atoms with E-state index in [-0.39, 0.29) is 5.91 Å². The molecule has 0 aliphatic heterocycles. The van der Waals surface area contributed by atoms with Gasteiger partial charge in [-0.25, -0.2) is 9.67 Å². The third-order valence-corrected chi connectivity index (χ3v) is 6.72. The topological polar surface area (TPSA) is 78.3 Å². The van der Waals surface area contributed by atoms with E-state index >= 15 is 0 Å². The Morgan fingerprint density at radius 2 is 1.79 bits per heavy atom. The molecule has 0 radical (unpaired) electrons. The van der Waals surface area contributed by atoms with Crippen molar-refractivity contribution >= 4 is 22.9 Å². The zero-order valence-electron chi connectivity index (χ0n) is 20.0. The zero-order valence-corrected chi connectivity index (χ0v) is 20.8. The molecule has 2 aromatic carbocycles. The van der Waals surface area contributed by atoms with Gasteiger partial charge in [-0.1, -0.05) is 35.6 Å². The van der Waals surface area contributed by atoms with Gasteiger partial charge in [-0.3, -0.25) is 4.79 Å². The van der Waals surface area contributed by atoms with Gasteiger partial charge in [-0.2, -0.15) is 5.10 Å². The highest BCUT2D eigenvalue weighted by atomic mass is 32.1. The Labute approximate surface area is 203 Å². The summed E-state index contributed by atoms with van der Waals surface area (Å²) < 4.78 is 12.7. The summed E-state index contributed by atoms with van der Waals surface area (Å²) in [5, 5.41) is 8.36. The average molecular weight is 477 g/mol. The molecular formula is C26H28N4O3S. The fraction of sp³-hybridized carbons (Fsp3) is 0.269. The minimum Gasteiger partial charge on any atom is -0.497 e. The smallest absolute Gasteiger partial charge is 0.267 e. The second-order valence-corrected chi connectivity index (χ2v) is 8.86. The van der Waals surface area contributed by atoms with E-state index in [0.717, 1.165) is 29.1 Å². The number of anilines is 1. The standard InChI is InChI=1S/C26H28N4O3S/c1-6-33-23-10-8-7-9-22(23)28-25(31)24-17(3)27-26(34-24)30-18(4)21(16(2)29-30)15-19-11-13-20(32-5)14-12-19/h7-14H,6,15H2,1-5H3,(H,28,31). The van der Waals surface area contributed by atoms with Gasteiger partial charge in [0, 0.05) is 17.7 Å². The van der Waals surface area contributed by atoms with Crippen LogP contribution in [0.1, 0.15) is 44.8 Å². The number of aryl methyl sites for hydroxylation is 2. The molecule has 8 heteroatoms. The lowest BCUT2D eigenvalue weighted by atomic mass is 10.0. The van der Waals surface area contributed by atoms with Gasteiger partial charge >= 0.3 is 0 Å². The summed E-state index contributed by atoms with van der Waals surface area (Å²) in [5.41, 5.74) is 5.57. The number of nitrogens with zero attached hydrogens (tertiary/aromatic N) is 3. The summed E-state index contributed by atoms with van der Waals surface area (Å²) in [4.78, 5) is 18.3. The number of aromatic nitrogens is 3. The first-order valence-electron chi connectivity index (χ1n) is 11.1. The number of carbonyl (C=O) groups excluding carboxylic acids is 1. The molecular weight excluding hydrogens is 448 g/mol. The number of ether oxygens (including phenoxy) is 2. The predicted molar refractivity (Wildman–Crippen MR) is 135 cm³/mol. The molecule has 0 aliphatic carbocycles. The Balaban J connectivity index is 1.58. The van der Waals surface area contributed by atoms with Crippen molar-refractivity contribution in [1.82, 2.24) is 14.8 Å². The fourth-order valence-electron chi connectivity index (χ4n) is 3.78. The molecule has 0 aliphatic rings. The van der Waals surface area contributed by atoms with Crippen LogP contribution in [0.4, 0.5) is 5.69 Å². The van der Waals surface area contributed by atoms with Gasteiger partial charge in [0.2, 0.25) is 5.13 Å². The van der Waals surface area contributed by atoms with E-state index < -0.39 is 0 Å². The fourth-order valence-corrected chi connectivity index (χ4v) is 4.74. The van der Waals surface area contributed by atoms with Gasteiger partial charge in [-0.05, 0) is 57.5 Å². The predicted octanol–water partition coefficient (Wildman–Crippen LogP) is 5.50. The van der Waals surface area contributed by atoms with Gasteiger partial charge in [0.05, 0.1) is 30.8 Å². The Bertz CT molecular complexity index is 1310. The zero-order chi connectivity index (χ0) is 24.2. The molecule has 1 N–H and O–H groups in total. The summed E-state index contributed by atoms with van der Waals surface area (Å²) in [5.74, 6) is 1.26. The van der Waals surface area contributed by atoms with Crippen LogP contribution in [0.2, 0.25) is 0 Å². The molecule has 1 amide bonds. The summed E-state index contributed by atoms with van der Waals surface area (Å²) in [6.45, 7) is 8.31. The number of nitrogens with one attached hydrogen (secondary N) is 1. The maximum Gasteiger partial charge on any atom is 0.267 e. The highest BCUT2D eigenvalue weighted by Gasteiger charge is 2.21. The molecule has 4 rings (SSSR count). The summed E-state index contributed by atoms with van der Waals surface area (Å²) in [7, 11) is 1.66. The summed E-state index contributed by atoms with van der Waals surface area (Å²) in [6.07, 6.45) is 0.758. The first-order chi connectivity index (χ1) is 16.4. The molecule has 0 bridgehead atoms. The Hall–Kier alpha value is -3.65. The molecule has 0 spiro atoms. The third kappa shape index (κ3) is 4.82. The molecule has 176 valence electrons. The Morgan fingerprint density at radius 1 is 1.06 bits per heavy atom. The van der Waals surface area contributed by atoms with Crippen molar-refractivity contribution in [2.24, 2.45) is 0 Å². The first kappa shape index (κ1) is 23.5. The second-order valence-electron chi connectivity index (χ2n) is 7.88. The van der Waals surface area contributed by atoms with Crippen LogP contribution in [0.15, 0.2) is 48.5 Å². The molecule has 2 heterocycles. The monoisotopic (exact) mass is 476 g/mol. The van der Waals surface area contributed by atoms with Crippen molar-refractivity contribution in [2.45, 2.75) is 34.1 Å². The van der Waals surface area contributed by atoms with Gasteiger partial charge in [0.1, 0.15) is 16.4 Å². The average Bonchev–Trinajstić information content (AvgIpc) is 3.35. The van der Waals surface area contributed by atoms with Crippen LogP contribution >= 0.6 is 11.3 Å². The number of para-hydroxylation sites is 2. The van der Waals surface area contributed by atoms with Gasteiger partial charge < -0.3 is 14.8 Å². The van der Waals surface area contributed by atoms with Crippen molar-refractivity contribution in [3.05, 3.63) is 81.6 Å². The van der Waals surface area contributed by atoms with E-state index in [0.29, 0.717) is 33.7 Å². The molecule has 0 unspecified atom stereocenters. The number of benzene rings is 2. The second kappa shape index (κ2) is 10.1. The molecule has 34 heavy (non-hydrogen) atoms. The Morgan fingerprint density at radius 3 is 2.50 bits per heavy atom. The maximum atomic E-state index is 13.1. The van der Waals surface area contributed by atoms with Crippen LogP contribution in [0, 0.1) is 20.8 Å². The highest BCUT2D eigenvalue weighted by Crippen LogP contribution is 2.29. The molecule has 0 fully saturated rings. The van der Waals surface area contributed by atoms with E-state index in [1.54, 1.807) is 7.11 Å². The van der Waals surface area contributed by atoms with Gasteiger partial charge in [-0.15, -0.1) is 0 Å². The quantitative estimate of drug-likeness (QED) is 0.363. The van der Waals surface area contributed by atoms with E-state index in [9.17, 15) is 4.79 Å². The third-order valence-electron chi connectivity index (χ3n) is 5.59. The molecule has 2 aromatic heterocycles. The van der Waals surface area contributed by atoms with Crippen LogP contribution in [-0.4, -0.2) is 34.4 Å². The van der Waals surface area contributed by atoms with Crippen LogP contribution < -0.4 is 14.8 Å². The molecule has 0 atom stereocenters. The molecule has 4 aromatic rings. The van der Waals surface area contributed by atoms with Gasteiger partial charge in [0.25, 0.3) is 5.91 Å².